The number of nitrogens with one attached hydrogen (secondary N) is 3. The van der Waals surface area contributed by atoms with Crippen molar-refractivity contribution in [1.82, 2.24) is 113 Å². The fourth-order valence-electron chi connectivity index (χ4n) is 13.4. The number of unbranched alkanes of at least 4 members (excludes halogenated alkanes) is 2. The second-order valence-corrected chi connectivity index (χ2v) is 29.4. The van der Waals surface area contributed by atoms with E-state index in [2.05, 4.69) is 96.2 Å². The van der Waals surface area contributed by atoms with Crippen molar-refractivity contribution in [3.05, 3.63) is 63.3 Å². The van der Waals surface area contributed by atoms with Crippen molar-refractivity contribution < 1.29 is 82.8 Å². The minimum absolute atomic E-state index is 0. The normalized spacial score (nSPS) is 26.0. The SMILES string of the molecule is C.C.C.C.CC(C)=O.CC1(C)OC2C(CO)OC(n3cnc4c(-n5cnnc5)ncnc43)C2O1.CC1(C)OC2C(CO)OC(n3cnc4c(N)ncnc43)C2O1.CN(C)/C=N/N=C/N(C)C.CNCCCCN.CNCCCCNc1ncnc2c1ncn2C1OC(CO)C2OC(C)(C)OC21.Nc1ncnc2c1ncn2C1OC(CO)C(O)C1O. The molecule has 0 radical (unpaired) electrons. The van der Waals surface area contributed by atoms with Crippen LogP contribution < -0.4 is 33.2 Å². The lowest BCUT2D eigenvalue weighted by molar-refractivity contribution is -0.200. The number of imidazole rings is 4. The van der Waals surface area contributed by atoms with Crippen LogP contribution in [0, 0.1) is 0 Å². The van der Waals surface area contributed by atoms with Crippen molar-refractivity contribution in [1.29, 1.82) is 0 Å². The molecule has 7 saturated heterocycles. The smallest absolute Gasteiger partial charge is 0.170 e. The zero-order chi connectivity index (χ0) is 83.8. The maximum atomic E-state index is 9.95. The van der Waals surface area contributed by atoms with E-state index in [0.29, 0.717) is 62.1 Å². The number of carbonyl (C=O) groups excluding carboxylic acids is 1. The zero-order valence-corrected chi connectivity index (χ0v) is 67.3. The Bertz CT molecular complexity index is 4600. The lowest BCUT2D eigenvalue weighted by Crippen LogP contribution is -2.33. The number of Topliss-reactive ketones (excluding diaryl/α,β-unsaturated/α-hetero) is 1. The van der Waals surface area contributed by atoms with E-state index in [1.165, 1.54) is 56.5 Å². The van der Waals surface area contributed by atoms with Gasteiger partial charge in [-0.3, -0.25) is 22.8 Å². The Morgan fingerprint density at radius 2 is 0.792 bits per heavy atom. The first-order valence-electron chi connectivity index (χ1n) is 37.7. The molecular weight excluding hydrogens is 1570 g/mol. The standard InChI is InChI=1S/C18H28N6O4.C15H17N7O4.C13H17N5O4.C10H13N5O4.C6H14N4.C5H14N2.C3H6O.4CH4/c1-18(2)27-13-11(8-25)26-17(14(13)28-18)24-10-23-12-15(21-9-22-16(12)24)20-7-5-4-6-19-3;1-15(2)25-10-8(3-23)24-14(11(10)26-15)22-5-18-9-12(16-4-17-13(9)22)21-6-19-20-7-21;1-13(2)21-8-6(3-19)20-12(9(8)22-13)18-5-17-7-10(14)15-4-16-11(7)18;11-8-5-9(13-2-12-8)15(3-14-5)10-7(18)6(17)4(1-16)19-10;1-9(2)5-7-8-6-10(3)4;1-7-5-3-2-4-6;1-3(2)4;;;;/h9-11,13-14,17,19,25H,4-8H2,1-3H3,(H,20,21,22);4-8,10-11,14,23H,3H2,1-2H3;4-6,8-9,12,19H,3H2,1-2H3,(H2,14,15,16);2-4,6-7,10,16-18H,1H2,(H2,11,12,13);5-6H,1-4H3;7H,2-6H2,1H3;1-2H3;4*1H4/b;;;;7-5+,8-6+;;;;;;. The van der Waals surface area contributed by atoms with Gasteiger partial charge in [0.05, 0.1) is 51.7 Å². The molecule has 7 aliphatic heterocycles. The van der Waals surface area contributed by atoms with Gasteiger partial charge >= 0.3 is 0 Å². The van der Waals surface area contributed by atoms with Gasteiger partial charge in [0.15, 0.2) is 99.2 Å². The van der Waals surface area contributed by atoms with Crippen molar-refractivity contribution in [2.45, 2.75) is 226 Å². The first-order valence-corrected chi connectivity index (χ1v) is 37.7. The molecule has 16 unspecified atom stereocenters. The molecule has 9 aromatic rings. The summed E-state index contributed by atoms with van der Waals surface area (Å²) in [6, 6.07) is 0. The number of nitrogen functional groups attached to an aromatic ring is 2. The van der Waals surface area contributed by atoms with E-state index >= 15 is 0 Å². The van der Waals surface area contributed by atoms with E-state index in [9.17, 15) is 30.3 Å². The summed E-state index contributed by atoms with van der Waals surface area (Å²) in [6.07, 6.45) is 13.6. The number of aliphatic hydroxyl groups excluding tert-OH is 6. The van der Waals surface area contributed by atoms with Gasteiger partial charge in [-0.25, -0.2) is 59.8 Å². The molecule has 0 bridgehead atoms. The van der Waals surface area contributed by atoms with Crippen LogP contribution in [0.3, 0.4) is 0 Å². The number of hydrogen-bond acceptors (Lipinski definition) is 39. The number of rotatable bonds is 22. The minimum Gasteiger partial charge on any atom is -0.394 e. The van der Waals surface area contributed by atoms with Gasteiger partial charge in [0.1, 0.15) is 141 Å². The molecular formula is C74H125N29O17. The van der Waals surface area contributed by atoms with Gasteiger partial charge < -0.3 is 126 Å². The number of ketones is 1. The van der Waals surface area contributed by atoms with Gasteiger partial charge in [0, 0.05) is 34.7 Å². The molecule has 0 saturated carbocycles. The molecule has 7 fully saturated rings. The van der Waals surface area contributed by atoms with Crippen LogP contribution in [-0.4, -0.2) is 337 Å². The predicted molar refractivity (Wildman–Crippen MR) is 444 cm³/mol. The highest BCUT2D eigenvalue weighted by Gasteiger charge is 2.59. The fourth-order valence-corrected chi connectivity index (χ4v) is 13.4. The molecule has 7 aliphatic rings. The highest BCUT2D eigenvalue weighted by atomic mass is 16.8. The molecule has 15 N–H and O–H groups in total. The summed E-state index contributed by atoms with van der Waals surface area (Å²) >= 11 is 0. The van der Waals surface area contributed by atoms with Gasteiger partial charge in [-0.05, 0) is 115 Å². The molecule has 668 valence electrons. The van der Waals surface area contributed by atoms with Crippen LogP contribution in [0.2, 0.25) is 0 Å². The maximum absolute atomic E-state index is 9.95. The Kier molecular flexibility index (Phi) is 37.2. The number of aliphatic hydroxyl groups is 6. The summed E-state index contributed by atoms with van der Waals surface area (Å²) in [4.78, 5) is 63.7. The van der Waals surface area contributed by atoms with Gasteiger partial charge in [-0.2, -0.15) is 0 Å². The first-order chi connectivity index (χ1) is 55.5. The monoisotopic (exact) mass is 1690 g/mol. The summed E-state index contributed by atoms with van der Waals surface area (Å²) in [5.74, 6) is -0.243. The molecule has 16 heterocycles. The lowest BCUT2D eigenvalue weighted by Gasteiger charge is -2.24. The van der Waals surface area contributed by atoms with Gasteiger partial charge in [0.2, 0.25) is 0 Å². The van der Waals surface area contributed by atoms with Gasteiger partial charge in [-0.1, -0.05) is 29.7 Å². The molecule has 46 nitrogen and oxygen atoms in total. The second-order valence-electron chi connectivity index (χ2n) is 29.4. The summed E-state index contributed by atoms with van der Waals surface area (Å²) < 4.78 is 67.5. The molecule has 0 aromatic carbocycles. The topological polar surface area (TPSA) is 581 Å². The van der Waals surface area contributed by atoms with E-state index in [0.717, 1.165) is 45.4 Å². The summed E-state index contributed by atoms with van der Waals surface area (Å²) in [6.45, 7) is 17.0. The summed E-state index contributed by atoms with van der Waals surface area (Å²) in [5, 5.41) is 82.2. The van der Waals surface area contributed by atoms with Crippen molar-refractivity contribution in [3.63, 3.8) is 0 Å². The molecule has 16 rings (SSSR count). The van der Waals surface area contributed by atoms with Crippen molar-refractivity contribution in [2.75, 3.05) is 112 Å². The molecule has 0 spiro atoms. The van der Waals surface area contributed by atoms with Crippen LogP contribution in [0.25, 0.3) is 50.5 Å². The maximum Gasteiger partial charge on any atom is 0.170 e. The number of nitrogens with zero attached hydrogens (tertiary/aromatic N) is 23. The number of hydrogen-bond donors (Lipinski definition) is 12. The third-order valence-corrected chi connectivity index (χ3v) is 18.3. The fraction of sp³-hybridized carbons (Fsp3) is 0.662. The van der Waals surface area contributed by atoms with Gasteiger partial charge in [-0.15, -0.1) is 20.4 Å². The van der Waals surface area contributed by atoms with E-state index in [-0.39, 0.29) is 97.8 Å². The van der Waals surface area contributed by atoms with Crippen molar-refractivity contribution >= 4 is 80.6 Å². The molecule has 120 heavy (non-hydrogen) atoms. The predicted octanol–water partition coefficient (Wildman–Crippen LogP) is 1.47. The molecule has 46 heteroatoms. The lowest BCUT2D eigenvalue weighted by atomic mass is 10.1. The first kappa shape index (κ1) is 99.4. The molecule has 9 aromatic heterocycles. The minimum atomic E-state index is -1.19. The Morgan fingerprint density at radius 1 is 0.458 bits per heavy atom. The molecule has 0 amide bonds. The van der Waals surface area contributed by atoms with Crippen molar-refractivity contribution in [3.8, 4) is 5.82 Å². The van der Waals surface area contributed by atoms with Gasteiger partial charge in [0.25, 0.3) is 0 Å². The second kappa shape index (κ2) is 44.9. The number of fused-ring (bicyclic) bond motifs is 7. The number of carbonyl (C=O) groups is 1. The van der Waals surface area contributed by atoms with Crippen LogP contribution in [0.5, 0.6) is 0 Å². The van der Waals surface area contributed by atoms with Crippen LogP contribution in [0.15, 0.2) is 73.5 Å². The van der Waals surface area contributed by atoms with Crippen molar-refractivity contribution in [2.24, 2.45) is 15.9 Å². The van der Waals surface area contributed by atoms with E-state index in [1.54, 1.807) is 58.0 Å². The third-order valence-electron chi connectivity index (χ3n) is 18.3. The number of anilines is 3. The number of ether oxygens (including phenoxy) is 10. The van der Waals surface area contributed by atoms with E-state index in [4.69, 9.17) is 69.7 Å². The quantitative estimate of drug-likeness (QED) is 0.0198. The number of aromatic nitrogens is 19. The zero-order valence-electron chi connectivity index (χ0n) is 67.3. The Balaban J connectivity index is 0.000000229. The highest BCUT2D eigenvalue weighted by molar-refractivity contribution is 5.83. The largest absolute Gasteiger partial charge is 0.394 e. The number of nitrogens with two attached hydrogens (primary N) is 3. The Labute approximate surface area is 697 Å². The molecule has 16 atom stereocenters. The van der Waals surface area contributed by atoms with E-state index in [1.807, 2.05) is 98.2 Å². The third kappa shape index (κ3) is 23.8. The van der Waals surface area contributed by atoms with Crippen LogP contribution in [-0.2, 0) is 52.2 Å². The van der Waals surface area contributed by atoms with E-state index < -0.39 is 85.5 Å². The average Bonchev–Trinajstić information content (AvgIpc) is 1.60. The summed E-state index contributed by atoms with van der Waals surface area (Å²) in [5.41, 5.74) is 21.1. The Morgan fingerprint density at radius 3 is 1.18 bits per heavy atom. The Hall–Kier alpha value is -9.41. The highest BCUT2D eigenvalue weighted by Crippen LogP contribution is 2.47. The molecule has 0 aliphatic carbocycles. The van der Waals surface area contributed by atoms with Crippen LogP contribution in [0.1, 0.15) is 136 Å². The average molecular weight is 1690 g/mol. The van der Waals surface area contributed by atoms with Crippen LogP contribution in [0.4, 0.5) is 17.5 Å². The van der Waals surface area contributed by atoms with Crippen LogP contribution >= 0.6 is 0 Å². The summed E-state index contributed by atoms with van der Waals surface area (Å²) in [7, 11) is 11.5.